The van der Waals surface area contributed by atoms with Gasteiger partial charge in [0.05, 0.1) is 0 Å². The number of hydrogen-bond acceptors (Lipinski definition) is 4. The largest absolute Gasteiger partial charge is 0.457 e. The number of fused-ring (bicyclic) bond motifs is 1. The number of rotatable bonds is 6. The molecule has 0 bridgehead atoms. The van der Waals surface area contributed by atoms with E-state index in [9.17, 15) is 0 Å². The second kappa shape index (κ2) is 11.0. The number of ether oxygens (including phenoxy) is 1. The molecular weight excluding hydrogens is 491 g/mol. The first-order valence-electron chi connectivity index (χ1n) is 10.1. The van der Waals surface area contributed by atoms with Crippen LogP contribution in [0.5, 0.6) is 11.5 Å². The molecule has 1 aliphatic rings. The molecule has 0 spiro atoms. The molecule has 0 saturated heterocycles. The minimum absolute atomic E-state index is 0. The van der Waals surface area contributed by atoms with E-state index >= 15 is 0 Å². The Morgan fingerprint density at radius 1 is 1.03 bits per heavy atom. The second-order valence-corrected chi connectivity index (χ2v) is 7.08. The van der Waals surface area contributed by atoms with E-state index in [0.717, 1.165) is 48.2 Å². The van der Waals surface area contributed by atoms with E-state index in [-0.39, 0.29) is 24.0 Å². The zero-order valence-corrected chi connectivity index (χ0v) is 19.2. The van der Waals surface area contributed by atoms with Crippen LogP contribution in [0.4, 0.5) is 5.69 Å². The number of nitrogens with two attached hydrogens (primary N) is 1. The molecule has 0 saturated carbocycles. The van der Waals surface area contributed by atoms with Crippen LogP contribution in [-0.2, 0) is 19.4 Å². The van der Waals surface area contributed by atoms with Gasteiger partial charge in [0.25, 0.3) is 0 Å². The summed E-state index contributed by atoms with van der Waals surface area (Å²) >= 11 is 0. The molecule has 30 heavy (non-hydrogen) atoms. The van der Waals surface area contributed by atoms with Crippen LogP contribution in [0, 0.1) is 0 Å². The topological polar surface area (TPSA) is 90.4 Å². The fraction of sp³-hybridized carbons (Fsp3) is 0.318. The molecule has 0 atom stereocenters. The maximum atomic E-state index is 6.07. The Bertz CT molecular complexity index is 973. The Hall–Kier alpha value is -2.62. The Balaban J connectivity index is 0.00000256. The highest BCUT2D eigenvalue weighted by molar-refractivity contribution is 14.0. The van der Waals surface area contributed by atoms with E-state index in [4.69, 9.17) is 10.5 Å². The fourth-order valence-electron chi connectivity index (χ4n) is 3.46. The number of anilines is 1. The number of aromatic nitrogens is 3. The van der Waals surface area contributed by atoms with Crippen molar-refractivity contribution in [3.05, 3.63) is 66.2 Å². The number of para-hydroxylation sites is 1. The van der Waals surface area contributed by atoms with Gasteiger partial charge in [0.15, 0.2) is 5.96 Å². The molecule has 2 aromatic carbocycles. The average molecular weight is 518 g/mol. The molecule has 0 amide bonds. The molecule has 3 aromatic rings. The van der Waals surface area contributed by atoms with Crippen LogP contribution in [0.1, 0.15) is 30.9 Å². The van der Waals surface area contributed by atoms with E-state index in [1.54, 1.807) is 0 Å². The third kappa shape index (κ3) is 5.94. The monoisotopic (exact) mass is 518 g/mol. The van der Waals surface area contributed by atoms with E-state index in [1.807, 2.05) is 54.6 Å². The van der Waals surface area contributed by atoms with Gasteiger partial charge in [-0.1, -0.05) is 30.7 Å². The predicted molar refractivity (Wildman–Crippen MR) is 130 cm³/mol. The normalized spacial score (nSPS) is 13.7. The lowest BCUT2D eigenvalue weighted by Gasteiger charge is -2.09. The van der Waals surface area contributed by atoms with Crippen molar-refractivity contribution in [3.63, 3.8) is 0 Å². The molecule has 1 aliphatic heterocycles. The lowest BCUT2D eigenvalue weighted by molar-refractivity contribution is 0.483. The summed E-state index contributed by atoms with van der Waals surface area (Å²) in [6, 6.07) is 17.3. The van der Waals surface area contributed by atoms with Gasteiger partial charge in [-0.2, -0.15) is 0 Å². The Morgan fingerprint density at radius 3 is 2.73 bits per heavy atom. The van der Waals surface area contributed by atoms with Crippen molar-refractivity contribution < 1.29 is 4.74 Å². The molecule has 4 rings (SSSR count). The summed E-state index contributed by atoms with van der Waals surface area (Å²) < 4.78 is 8.10. The quantitative estimate of drug-likeness (QED) is 0.287. The molecule has 8 heteroatoms. The number of nitrogens with zero attached hydrogens (tertiary/aromatic N) is 4. The highest BCUT2D eigenvalue weighted by Crippen LogP contribution is 2.23. The Kier molecular flexibility index (Phi) is 8.06. The standard InChI is InChI=1S/C22H26N6O.HI/c23-22(24-14-13-21-27-26-20-12-5-2-6-15-28(20)21)25-17-8-7-11-19(16-17)29-18-9-3-1-4-10-18;/h1,3-4,7-11,16H,2,5-6,12-15H2,(H3,23,24,25);1H. The summed E-state index contributed by atoms with van der Waals surface area (Å²) in [4.78, 5) is 4.44. The number of halogens is 1. The van der Waals surface area contributed by atoms with Gasteiger partial charge in [-0.05, 0) is 37.1 Å². The number of nitrogens with one attached hydrogen (secondary N) is 1. The van der Waals surface area contributed by atoms with Crippen LogP contribution in [0.15, 0.2) is 59.6 Å². The van der Waals surface area contributed by atoms with E-state index in [2.05, 4.69) is 25.1 Å². The van der Waals surface area contributed by atoms with Crippen molar-refractivity contribution >= 4 is 35.6 Å². The van der Waals surface area contributed by atoms with E-state index < -0.39 is 0 Å². The SMILES string of the molecule is I.NC(=NCCc1nnc2n1CCCCC2)Nc1cccc(Oc2ccccc2)c1. The highest BCUT2D eigenvalue weighted by Gasteiger charge is 2.14. The van der Waals surface area contributed by atoms with Gasteiger partial charge in [0, 0.05) is 37.7 Å². The maximum Gasteiger partial charge on any atom is 0.193 e. The zero-order valence-electron chi connectivity index (χ0n) is 16.8. The first kappa shape index (κ1) is 22.1. The zero-order chi connectivity index (χ0) is 19.9. The van der Waals surface area contributed by atoms with Gasteiger partial charge in [-0.25, -0.2) is 0 Å². The third-order valence-corrected chi connectivity index (χ3v) is 4.89. The minimum atomic E-state index is 0. The summed E-state index contributed by atoms with van der Waals surface area (Å²) in [6.45, 7) is 1.57. The molecule has 7 nitrogen and oxygen atoms in total. The third-order valence-electron chi connectivity index (χ3n) is 4.89. The maximum absolute atomic E-state index is 6.07. The van der Waals surface area contributed by atoms with Crippen molar-refractivity contribution in [2.75, 3.05) is 11.9 Å². The van der Waals surface area contributed by atoms with Gasteiger partial charge in [0.2, 0.25) is 0 Å². The van der Waals surface area contributed by atoms with Crippen molar-refractivity contribution in [2.45, 2.75) is 38.6 Å². The van der Waals surface area contributed by atoms with Crippen LogP contribution in [0.25, 0.3) is 0 Å². The number of benzene rings is 2. The van der Waals surface area contributed by atoms with Gasteiger partial charge in [-0.3, -0.25) is 4.99 Å². The van der Waals surface area contributed by atoms with Crippen LogP contribution in [0.2, 0.25) is 0 Å². The number of hydrogen-bond donors (Lipinski definition) is 2. The number of aliphatic imine (C=N–C) groups is 1. The van der Waals surface area contributed by atoms with Crippen LogP contribution in [-0.4, -0.2) is 27.3 Å². The highest BCUT2D eigenvalue weighted by atomic mass is 127. The van der Waals surface area contributed by atoms with Crippen molar-refractivity contribution in [3.8, 4) is 11.5 Å². The van der Waals surface area contributed by atoms with Gasteiger partial charge >= 0.3 is 0 Å². The molecule has 3 N–H and O–H groups in total. The lowest BCUT2D eigenvalue weighted by atomic mass is 10.2. The summed E-state index contributed by atoms with van der Waals surface area (Å²) in [5.41, 5.74) is 6.90. The molecule has 0 aliphatic carbocycles. The molecule has 0 fully saturated rings. The number of aryl methyl sites for hydroxylation is 1. The summed E-state index contributed by atoms with van der Waals surface area (Å²) in [5.74, 6) is 4.00. The molecule has 0 radical (unpaired) electrons. The fourth-order valence-corrected chi connectivity index (χ4v) is 3.46. The van der Waals surface area contributed by atoms with Gasteiger partial charge < -0.3 is 20.4 Å². The predicted octanol–water partition coefficient (Wildman–Crippen LogP) is 4.38. The van der Waals surface area contributed by atoms with Crippen LogP contribution >= 0.6 is 24.0 Å². The Labute approximate surface area is 193 Å². The van der Waals surface area contributed by atoms with Crippen LogP contribution < -0.4 is 15.8 Å². The summed E-state index contributed by atoms with van der Waals surface area (Å²) in [5, 5.41) is 11.8. The first-order valence-corrected chi connectivity index (χ1v) is 10.1. The molecule has 2 heterocycles. The van der Waals surface area contributed by atoms with Gasteiger partial charge in [-0.15, -0.1) is 34.2 Å². The lowest BCUT2D eigenvalue weighted by Crippen LogP contribution is -2.23. The smallest absolute Gasteiger partial charge is 0.193 e. The van der Waals surface area contributed by atoms with E-state index in [1.165, 1.54) is 19.3 Å². The van der Waals surface area contributed by atoms with Crippen LogP contribution in [0.3, 0.4) is 0 Å². The summed E-state index contributed by atoms with van der Waals surface area (Å²) in [7, 11) is 0. The molecule has 0 unspecified atom stereocenters. The van der Waals surface area contributed by atoms with Crippen molar-refractivity contribution in [2.24, 2.45) is 10.7 Å². The molecule has 158 valence electrons. The van der Waals surface area contributed by atoms with E-state index in [0.29, 0.717) is 12.5 Å². The molecule has 1 aromatic heterocycles. The summed E-state index contributed by atoms with van der Waals surface area (Å²) in [6.07, 6.45) is 5.38. The van der Waals surface area contributed by atoms with Gasteiger partial charge in [0.1, 0.15) is 23.1 Å². The Morgan fingerprint density at radius 2 is 1.87 bits per heavy atom. The minimum Gasteiger partial charge on any atom is -0.457 e. The second-order valence-electron chi connectivity index (χ2n) is 7.08. The number of guanidine groups is 1. The van der Waals surface area contributed by atoms with Crippen molar-refractivity contribution in [1.82, 2.24) is 14.8 Å². The average Bonchev–Trinajstić information content (AvgIpc) is 2.95. The first-order chi connectivity index (χ1) is 14.3. The van der Waals surface area contributed by atoms with Crippen molar-refractivity contribution in [1.29, 1.82) is 0 Å². The molecular formula is C22H27IN6O.